The smallest absolute Gasteiger partial charge is 0.0540 e. The van der Waals surface area contributed by atoms with Crippen molar-refractivity contribution in [2.75, 3.05) is 15.5 Å². The summed E-state index contributed by atoms with van der Waals surface area (Å²) >= 11 is 0. The molecule has 0 heterocycles. The van der Waals surface area contributed by atoms with E-state index >= 15 is 0 Å². The number of benzene rings is 8. The molecule has 8 rings (SSSR count). The third kappa shape index (κ3) is 4.81. The highest BCUT2D eigenvalue weighted by Crippen LogP contribution is 2.44. The highest BCUT2D eigenvalue weighted by atomic mass is 15.2. The van der Waals surface area contributed by atoms with Gasteiger partial charge in [0.1, 0.15) is 0 Å². The molecular formula is C42H31N3. The maximum absolute atomic E-state index is 6.11. The van der Waals surface area contributed by atoms with Gasteiger partial charge in [-0.1, -0.05) is 109 Å². The summed E-state index contributed by atoms with van der Waals surface area (Å²) in [7, 11) is 0. The van der Waals surface area contributed by atoms with Gasteiger partial charge in [0.25, 0.3) is 0 Å². The van der Waals surface area contributed by atoms with E-state index in [0.29, 0.717) is 0 Å². The van der Waals surface area contributed by atoms with E-state index in [1.807, 2.05) is 12.1 Å². The molecule has 0 unspecified atom stereocenters. The molecule has 0 saturated carbocycles. The van der Waals surface area contributed by atoms with Crippen molar-refractivity contribution in [2.24, 2.45) is 0 Å². The topological polar surface area (TPSA) is 32.5 Å². The first-order valence-corrected chi connectivity index (χ1v) is 15.2. The van der Waals surface area contributed by atoms with E-state index < -0.39 is 0 Å². The van der Waals surface area contributed by atoms with E-state index in [0.717, 1.165) is 39.8 Å². The summed E-state index contributed by atoms with van der Waals surface area (Å²) in [6.45, 7) is 0. The predicted octanol–water partition coefficient (Wildman–Crippen LogP) is 11.7. The summed E-state index contributed by atoms with van der Waals surface area (Å²) in [5.41, 5.74) is 13.5. The third-order valence-electron chi connectivity index (χ3n) is 8.54. The lowest BCUT2D eigenvalue weighted by Crippen LogP contribution is -2.13. The number of rotatable bonds is 6. The van der Waals surface area contributed by atoms with E-state index in [4.69, 9.17) is 5.73 Å². The minimum absolute atomic E-state index is 0.743. The number of fused-ring (bicyclic) bond motifs is 3. The Hall–Kier alpha value is -6.06. The first-order valence-electron chi connectivity index (χ1n) is 15.2. The summed E-state index contributed by atoms with van der Waals surface area (Å²) in [5.74, 6) is 0. The summed E-state index contributed by atoms with van der Waals surface area (Å²) in [4.78, 5) is 4.70. The van der Waals surface area contributed by atoms with Gasteiger partial charge in [0, 0.05) is 38.9 Å². The molecule has 0 amide bonds. The van der Waals surface area contributed by atoms with E-state index in [9.17, 15) is 0 Å². The molecule has 0 fully saturated rings. The van der Waals surface area contributed by atoms with Crippen LogP contribution >= 0.6 is 0 Å². The molecule has 0 aromatic heterocycles. The van der Waals surface area contributed by atoms with Gasteiger partial charge in [-0.15, -0.1) is 0 Å². The molecule has 8 aromatic carbocycles. The van der Waals surface area contributed by atoms with Gasteiger partial charge in [-0.3, -0.25) is 0 Å². The average molecular weight is 578 g/mol. The van der Waals surface area contributed by atoms with Crippen molar-refractivity contribution in [1.82, 2.24) is 0 Å². The summed E-state index contributed by atoms with van der Waals surface area (Å²) in [6, 6.07) is 62.3. The Kier molecular flexibility index (Phi) is 6.62. The third-order valence-corrected chi connectivity index (χ3v) is 8.54. The van der Waals surface area contributed by atoms with Gasteiger partial charge >= 0.3 is 0 Å². The van der Waals surface area contributed by atoms with Crippen LogP contribution in [-0.2, 0) is 0 Å². The SMILES string of the molecule is Nc1ccc(N(c2ccc(N(c3cccc4ccccc34)c3cccc4ccccc34)cc2)c2cccc3ccccc23)cc1. The van der Waals surface area contributed by atoms with Gasteiger partial charge in [-0.2, -0.15) is 0 Å². The Balaban J connectivity index is 1.32. The molecule has 0 aliphatic rings. The van der Waals surface area contributed by atoms with Crippen LogP contribution in [0.4, 0.5) is 39.8 Å². The van der Waals surface area contributed by atoms with Gasteiger partial charge in [0.15, 0.2) is 0 Å². The van der Waals surface area contributed by atoms with Gasteiger partial charge in [-0.05, 0) is 82.9 Å². The van der Waals surface area contributed by atoms with Crippen LogP contribution in [0.25, 0.3) is 32.3 Å². The summed E-state index contributed by atoms with van der Waals surface area (Å²) < 4.78 is 0. The van der Waals surface area contributed by atoms with Gasteiger partial charge in [0.2, 0.25) is 0 Å². The molecule has 8 aromatic rings. The molecule has 0 spiro atoms. The quantitative estimate of drug-likeness (QED) is 0.200. The fourth-order valence-corrected chi connectivity index (χ4v) is 6.42. The maximum atomic E-state index is 6.11. The van der Waals surface area contributed by atoms with Crippen LogP contribution in [0.3, 0.4) is 0 Å². The van der Waals surface area contributed by atoms with Crippen molar-refractivity contribution in [3.8, 4) is 0 Å². The molecular weight excluding hydrogens is 546 g/mol. The lowest BCUT2D eigenvalue weighted by Gasteiger charge is -2.30. The summed E-state index contributed by atoms with van der Waals surface area (Å²) in [5, 5.41) is 7.22. The number of anilines is 7. The zero-order valence-electron chi connectivity index (χ0n) is 24.7. The minimum Gasteiger partial charge on any atom is -0.399 e. The van der Waals surface area contributed by atoms with Crippen LogP contribution in [0.5, 0.6) is 0 Å². The van der Waals surface area contributed by atoms with Crippen LogP contribution < -0.4 is 15.5 Å². The number of hydrogen-bond donors (Lipinski definition) is 1. The van der Waals surface area contributed by atoms with Crippen LogP contribution in [0, 0.1) is 0 Å². The fraction of sp³-hybridized carbons (Fsp3) is 0. The summed E-state index contributed by atoms with van der Waals surface area (Å²) in [6.07, 6.45) is 0. The molecule has 0 atom stereocenters. The Bertz CT molecular complexity index is 2190. The number of nitrogen functional groups attached to an aromatic ring is 1. The van der Waals surface area contributed by atoms with Crippen molar-refractivity contribution in [1.29, 1.82) is 0 Å². The highest BCUT2D eigenvalue weighted by Gasteiger charge is 2.20. The molecule has 0 bridgehead atoms. The second-order valence-corrected chi connectivity index (χ2v) is 11.3. The number of nitrogens with zero attached hydrogens (tertiary/aromatic N) is 2. The Morgan fingerprint density at radius 3 is 1.02 bits per heavy atom. The van der Waals surface area contributed by atoms with Crippen LogP contribution in [0.1, 0.15) is 0 Å². The Labute approximate surface area is 263 Å². The molecule has 0 aliphatic carbocycles. The molecule has 0 saturated heterocycles. The van der Waals surface area contributed by atoms with E-state index in [2.05, 4.69) is 174 Å². The zero-order chi connectivity index (χ0) is 30.2. The van der Waals surface area contributed by atoms with Crippen molar-refractivity contribution >= 4 is 72.1 Å². The first-order chi connectivity index (χ1) is 22.2. The van der Waals surface area contributed by atoms with E-state index in [-0.39, 0.29) is 0 Å². The standard InChI is InChI=1S/C42H31N3/c43-33-22-24-34(25-23-33)44(40-19-7-13-30-10-1-4-16-37(30)40)35-26-28-36(29-27-35)45(41-20-8-14-31-11-2-5-17-38(31)41)42-21-9-15-32-12-3-6-18-39(32)42/h1-29H,43H2. The second-order valence-electron chi connectivity index (χ2n) is 11.3. The van der Waals surface area contributed by atoms with Crippen molar-refractivity contribution < 1.29 is 0 Å². The fourth-order valence-electron chi connectivity index (χ4n) is 6.42. The lowest BCUT2D eigenvalue weighted by molar-refractivity contribution is 1.27. The normalized spacial score (nSPS) is 11.2. The predicted molar refractivity (Wildman–Crippen MR) is 193 cm³/mol. The Morgan fingerprint density at radius 1 is 0.289 bits per heavy atom. The molecule has 3 heteroatoms. The van der Waals surface area contributed by atoms with Crippen molar-refractivity contribution in [2.45, 2.75) is 0 Å². The van der Waals surface area contributed by atoms with Gasteiger partial charge < -0.3 is 15.5 Å². The largest absolute Gasteiger partial charge is 0.399 e. The van der Waals surface area contributed by atoms with Gasteiger partial charge in [0.05, 0.1) is 17.1 Å². The Morgan fingerprint density at radius 2 is 0.600 bits per heavy atom. The lowest BCUT2D eigenvalue weighted by atomic mass is 10.0. The van der Waals surface area contributed by atoms with Crippen LogP contribution in [-0.4, -0.2) is 0 Å². The zero-order valence-corrected chi connectivity index (χ0v) is 24.7. The molecule has 2 N–H and O–H groups in total. The van der Waals surface area contributed by atoms with E-state index in [1.165, 1.54) is 32.3 Å². The highest BCUT2D eigenvalue weighted by molar-refractivity contribution is 6.05. The van der Waals surface area contributed by atoms with Crippen molar-refractivity contribution in [3.05, 3.63) is 176 Å². The number of nitrogens with two attached hydrogens (primary N) is 1. The monoisotopic (exact) mass is 577 g/mol. The minimum atomic E-state index is 0.743. The van der Waals surface area contributed by atoms with Crippen molar-refractivity contribution in [3.63, 3.8) is 0 Å². The average Bonchev–Trinajstić information content (AvgIpc) is 3.10. The number of hydrogen-bond acceptors (Lipinski definition) is 3. The van der Waals surface area contributed by atoms with E-state index in [1.54, 1.807) is 0 Å². The second kappa shape index (κ2) is 11.2. The van der Waals surface area contributed by atoms with Crippen LogP contribution in [0.15, 0.2) is 176 Å². The maximum Gasteiger partial charge on any atom is 0.0540 e. The molecule has 45 heavy (non-hydrogen) atoms. The molecule has 3 nitrogen and oxygen atoms in total. The molecule has 0 aliphatic heterocycles. The molecule has 0 radical (unpaired) electrons. The molecule has 214 valence electrons. The first kappa shape index (κ1) is 26.6. The van der Waals surface area contributed by atoms with Gasteiger partial charge in [-0.25, -0.2) is 0 Å². The van der Waals surface area contributed by atoms with Crippen LogP contribution in [0.2, 0.25) is 0 Å².